The molecule has 0 radical (unpaired) electrons. The van der Waals surface area contributed by atoms with Gasteiger partial charge in [-0.05, 0) is 18.2 Å². The molecule has 5 nitrogen and oxygen atoms in total. The van der Waals surface area contributed by atoms with Crippen molar-refractivity contribution in [2.45, 2.75) is 0 Å². The molecule has 1 heterocycles. The van der Waals surface area contributed by atoms with Crippen LogP contribution in [0.2, 0.25) is 5.02 Å². The molecule has 0 aliphatic heterocycles. The second kappa shape index (κ2) is 4.90. The van der Waals surface area contributed by atoms with Crippen LogP contribution in [0.25, 0.3) is 0 Å². The molecule has 1 amide bonds. The fourth-order valence-corrected chi connectivity index (χ4v) is 1.63. The van der Waals surface area contributed by atoms with E-state index in [1.165, 1.54) is 12.4 Å². The lowest BCUT2D eigenvalue weighted by atomic mass is 10.2. The molecule has 0 spiro atoms. The molecule has 0 fully saturated rings. The Bertz CT molecular complexity index is 642. The van der Waals surface area contributed by atoms with E-state index in [0.717, 1.165) is 0 Å². The SMILES string of the molecule is Cn1cnc(C(=O)Nc2ccc(C#N)cc2Cl)c1. The van der Waals surface area contributed by atoms with Gasteiger partial charge in [-0.25, -0.2) is 4.98 Å². The maximum atomic E-state index is 11.8. The molecule has 0 aliphatic rings. The summed E-state index contributed by atoms with van der Waals surface area (Å²) in [4.78, 5) is 15.8. The van der Waals surface area contributed by atoms with Gasteiger partial charge in [0.15, 0.2) is 0 Å². The van der Waals surface area contributed by atoms with Gasteiger partial charge in [0.2, 0.25) is 0 Å². The minimum atomic E-state index is -0.345. The average Bonchev–Trinajstić information content (AvgIpc) is 2.78. The second-order valence-corrected chi connectivity index (χ2v) is 4.09. The zero-order chi connectivity index (χ0) is 13.1. The van der Waals surface area contributed by atoms with Crippen LogP contribution < -0.4 is 5.32 Å². The van der Waals surface area contributed by atoms with Crippen molar-refractivity contribution in [3.05, 3.63) is 47.0 Å². The largest absolute Gasteiger partial charge is 0.340 e. The molecule has 0 bridgehead atoms. The Morgan fingerprint density at radius 1 is 1.56 bits per heavy atom. The van der Waals surface area contributed by atoms with E-state index in [9.17, 15) is 4.79 Å². The van der Waals surface area contributed by atoms with Gasteiger partial charge in [-0.15, -0.1) is 0 Å². The Morgan fingerprint density at radius 3 is 2.89 bits per heavy atom. The number of imidazole rings is 1. The number of carbonyl (C=O) groups is 1. The van der Waals surface area contributed by atoms with Gasteiger partial charge in [-0.3, -0.25) is 4.79 Å². The zero-order valence-electron chi connectivity index (χ0n) is 9.51. The maximum absolute atomic E-state index is 11.8. The van der Waals surface area contributed by atoms with Crippen LogP contribution in [0.15, 0.2) is 30.7 Å². The lowest BCUT2D eigenvalue weighted by Gasteiger charge is -2.05. The lowest BCUT2D eigenvalue weighted by molar-refractivity contribution is 0.102. The van der Waals surface area contributed by atoms with Gasteiger partial charge in [0.05, 0.1) is 28.7 Å². The van der Waals surface area contributed by atoms with Gasteiger partial charge in [0.25, 0.3) is 5.91 Å². The van der Waals surface area contributed by atoms with Crippen molar-refractivity contribution in [2.24, 2.45) is 7.05 Å². The standard InChI is InChI=1S/C12H9ClN4O/c1-17-6-11(15-7-17)12(18)16-10-3-2-8(5-14)4-9(10)13/h2-4,6-7H,1H3,(H,16,18). The van der Waals surface area contributed by atoms with Crippen molar-refractivity contribution >= 4 is 23.2 Å². The smallest absolute Gasteiger partial charge is 0.275 e. The number of aromatic nitrogens is 2. The summed E-state index contributed by atoms with van der Waals surface area (Å²) < 4.78 is 1.68. The average molecular weight is 261 g/mol. The van der Waals surface area contributed by atoms with E-state index in [-0.39, 0.29) is 5.91 Å². The molecule has 1 N–H and O–H groups in total. The third-order valence-corrected chi connectivity index (χ3v) is 2.60. The van der Waals surface area contributed by atoms with Gasteiger partial charge in [-0.1, -0.05) is 11.6 Å². The number of hydrogen-bond donors (Lipinski definition) is 1. The molecule has 6 heteroatoms. The number of halogens is 1. The highest BCUT2D eigenvalue weighted by atomic mass is 35.5. The summed E-state index contributed by atoms with van der Waals surface area (Å²) in [5.74, 6) is -0.345. The van der Waals surface area contributed by atoms with Crippen LogP contribution in [0.5, 0.6) is 0 Å². The maximum Gasteiger partial charge on any atom is 0.275 e. The monoisotopic (exact) mass is 260 g/mol. The fourth-order valence-electron chi connectivity index (χ4n) is 1.40. The van der Waals surface area contributed by atoms with E-state index in [2.05, 4.69) is 10.3 Å². The Balaban J connectivity index is 2.20. The van der Waals surface area contributed by atoms with E-state index in [4.69, 9.17) is 16.9 Å². The fraction of sp³-hybridized carbons (Fsp3) is 0.0833. The first-order valence-electron chi connectivity index (χ1n) is 5.09. The summed E-state index contributed by atoms with van der Waals surface area (Å²) in [5.41, 5.74) is 1.19. The van der Waals surface area contributed by atoms with Crippen molar-refractivity contribution in [1.82, 2.24) is 9.55 Å². The van der Waals surface area contributed by atoms with Gasteiger partial charge < -0.3 is 9.88 Å². The van der Waals surface area contributed by atoms with Crippen LogP contribution in [-0.2, 0) is 7.05 Å². The molecule has 2 aromatic rings. The van der Waals surface area contributed by atoms with E-state index in [1.807, 2.05) is 6.07 Å². The minimum Gasteiger partial charge on any atom is -0.340 e. The molecular formula is C12H9ClN4O. The number of hydrogen-bond acceptors (Lipinski definition) is 3. The van der Waals surface area contributed by atoms with Crippen molar-refractivity contribution in [2.75, 3.05) is 5.32 Å². The van der Waals surface area contributed by atoms with Gasteiger partial charge in [0, 0.05) is 13.2 Å². The third kappa shape index (κ3) is 2.50. The number of benzene rings is 1. The quantitative estimate of drug-likeness (QED) is 0.900. The minimum absolute atomic E-state index is 0.304. The highest BCUT2D eigenvalue weighted by Crippen LogP contribution is 2.23. The molecule has 0 saturated carbocycles. The van der Waals surface area contributed by atoms with Crippen LogP contribution in [0, 0.1) is 11.3 Å². The topological polar surface area (TPSA) is 70.7 Å². The van der Waals surface area contributed by atoms with Crippen molar-refractivity contribution < 1.29 is 4.79 Å². The number of aryl methyl sites for hydroxylation is 1. The summed E-state index contributed by atoms with van der Waals surface area (Å²) in [7, 11) is 1.78. The normalized spacial score (nSPS) is 9.83. The van der Waals surface area contributed by atoms with Crippen LogP contribution in [-0.4, -0.2) is 15.5 Å². The Hall–Kier alpha value is -2.32. The molecule has 1 aromatic heterocycles. The van der Waals surface area contributed by atoms with Crippen LogP contribution >= 0.6 is 11.6 Å². The number of nitrogens with zero attached hydrogens (tertiary/aromatic N) is 3. The molecule has 90 valence electrons. The van der Waals surface area contributed by atoms with E-state index in [1.54, 1.807) is 29.9 Å². The predicted molar refractivity (Wildman–Crippen MR) is 67.3 cm³/mol. The van der Waals surface area contributed by atoms with Crippen LogP contribution in [0.4, 0.5) is 5.69 Å². The number of amides is 1. The third-order valence-electron chi connectivity index (χ3n) is 2.28. The predicted octanol–water partition coefficient (Wildman–Crippen LogP) is 2.20. The Labute approximate surface area is 109 Å². The molecular weight excluding hydrogens is 252 g/mol. The summed E-state index contributed by atoms with van der Waals surface area (Å²) in [6.45, 7) is 0. The van der Waals surface area contributed by atoms with E-state index >= 15 is 0 Å². The van der Waals surface area contributed by atoms with Gasteiger partial charge >= 0.3 is 0 Å². The van der Waals surface area contributed by atoms with Gasteiger partial charge in [0.1, 0.15) is 5.69 Å². The van der Waals surface area contributed by atoms with Gasteiger partial charge in [-0.2, -0.15) is 5.26 Å². The van der Waals surface area contributed by atoms with E-state index in [0.29, 0.717) is 22.0 Å². The van der Waals surface area contributed by atoms with Crippen molar-refractivity contribution in [3.8, 4) is 6.07 Å². The highest BCUT2D eigenvalue weighted by molar-refractivity contribution is 6.34. The first kappa shape index (κ1) is 12.1. The molecule has 2 rings (SSSR count). The summed E-state index contributed by atoms with van der Waals surface area (Å²) >= 11 is 5.95. The first-order valence-corrected chi connectivity index (χ1v) is 5.47. The number of nitriles is 1. The molecule has 1 aromatic carbocycles. The summed E-state index contributed by atoms with van der Waals surface area (Å²) in [6, 6.07) is 6.63. The van der Waals surface area contributed by atoms with E-state index < -0.39 is 0 Å². The Kier molecular flexibility index (Phi) is 3.31. The molecule has 0 unspecified atom stereocenters. The number of nitrogens with one attached hydrogen (secondary N) is 1. The number of anilines is 1. The lowest BCUT2D eigenvalue weighted by Crippen LogP contribution is -2.12. The summed E-state index contributed by atoms with van der Waals surface area (Å²) in [6.07, 6.45) is 3.14. The zero-order valence-corrected chi connectivity index (χ0v) is 10.3. The highest BCUT2D eigenvalue weighted by Gasteiger charge is 2.11. The van der Waals surface area contributed by atoms with Crippen LogP contribution in [0.3, 0.4) is 0 Å². The number of rotatable bonds is 2. The molecule has 0 aliphatic carbocycles. The number of carbonyl (C=O) groups excluding carboxylic acids is 1. The van der Waals surface area contributed by atoms with Crippen molar-refractivity contribution in [1.29, 1.82) is 5.26 Å². The molecule has 0 saturated heterocycles. The molecule has 18 heavy (non-hydrogen) atoms. The second-order valence-electron chi connectivity index (χ2n) is 3.68. The Morgan fingerprint density at radius 2 is 2.33 bits per heavy atom. The van der Waals surface area contributed by atoms with Crippen LogP contribution in [0.1, 0.15) is 16.1 Å². The first-order chi connectivity index (χ1) is 8.60. The molecule has 0 atom stereocenters. The van der Waals surface area contributed by atoms with Crippen molar-refractivity contribution in [3.63, 3.8) is 0 Å². The summed E-state index contributed by atoms with van der Waals surface area (Å²) in [5, 5.41) is 11.7.